The van der Waals surface area contributed by atoms with Gasteiger partial charge in [0.15, 0.2) is 5.78 Å². The molecule has 0 unspecified atom stereocenters. The molecule has 700 valence electrons. The molecular formula is C88H122N20O20S. The Balaban J connectivity index is 1.17. The number of phenols is 1. The number of Topliss-reactive ketones (excluding diaryl/α,β-unsaturated/α-hetero) is 1. The molecule has 0 radical (unpaired) electrons. The number of aromatic nitrogens is 4. The van der Waals surface area contributed by atoms with Crippen LogP contribution < -0.4 is 64.6 Å². The number of ketones is 1. The fraction of sp³-hybridized carbons (Fsp3) is 0.523. The first-order valence-electron chi connectivity index (χ1n) is 43.3. The molecule has 40 nitrogen and oxygen atoms in total. The lowest BCUT2D eigenvalue weighted by Crippen LogP contribution is -2.60. The number of para-hydroxylation sites is 2. The number of amides is 15. The fourth-order valence-corrected chi connectivity index (χ4v) is 16.5. The van der Waals surface area contributed by atoms with Gasteiger partial charge in [-0.3, -0.25) is 81.5 Å². The van der Waals surface area contributed by atoms with E-state index < -0.39 is 222 Å². The summed E-state index contributed by atoms with van der Waals surface area (Å²) in [4.78, 5) is 264. The van der Waals surface area contributed by atoms with E-state index in [9.17, 15) is 72.9 Å². The summed E-state index contributed by atoms with van der Waals surface area (Å²) in [6, 6.07) is 0.163. The maximum Gasteiger partial charge on any atom is 0.322 e. The number of carbonyl (C=O) groups is 17. The molecule has 0 saturated carbocycles. The summed E-state index contributed by atoms with van der Waals surface area (Å²) in [6.07, 6.45) is 5.34. The van der Waals surface area contributed by atoms with Crippen molar-refractivity contribution in [3.05, 3.63) is 120 Å². The van der Waals surface area contributed by atoms with Gasteiger partial charge in [0.1, 0.15) is 84.8 Å². The van der Waals surface area contributed by atoms with Crippen LogP contribution in [-0.4, -0.2) is 293 Å². The average molecular weight is 1810 g/mol. The zero-order valence-electron chi connectivity index (χ0n) is 74.0. The van der Waals surface area contributed by atoms with Gasteiger partial charge >= 0.3 is 5.97 Å². The molecule has 2 aliphatic heterocycles. The fourth-order valence-electron chi connectivity index (χ4n) is 15.6. The van der Waals surface area contributed by atoms with Crippen molar-refractivity contribution in [3.8, 4) is 5.75 Å². The number of aromatic amines is 3. The van der Waals surface area contributed by atoms with Crippen molar-refractivity contribution in [2.24, 2.45) is 23.3 Å². The number of aliphatic hydroxyl groups excluding tert-OH is 1. The quantitative estimate of drug-likeness (QED) is 0.0359. The zero-order chi connectivity index (χ0) is 94.5. The molecule has 2 fully saturated rings. The van der Waals surface area contributed by atoms with Crippen molar-refractivity contribution in [3.63, 3.8) is 0 Å². The number of hydrogen-bond acceptors (Lipinski definition) is 22. The average Bonchev–Trinajstić information content (AvgIpc) is 1.78. The molecule has 129 heavy (non-hydrogen) atoms. The van der Waals surface area contributed by atoms with Gasteiger partial charge in [-0.25, -0.2) is 4.98 Å². The van der Waals surface area contributed by atoms with Gasteiger partial charge in [0, 0.05) is 111 Å². The smallest absolute Gasteiger partial charge is 0.322 e. The topological polar surface area (TPSA) is 596 Å². The minimum absolute atomic E-state index is 0.000374. The number of carbonyl (C=O) groups excluding carboxylic acids is 16. The molecule has 0 spiro atoms. The molecular weight excluding hydrogens is 1690 g/mol. The van der Waals surface area contributed by atoms with Crippen LogP contribution in [-0.2, 0) is 107 Å². The molecule has 3 aromatic carbocycles. The molecule has 3 aromatic heterocycles. The number of carboxylic acids is 1. The van der Waals surface area contributed by atoms with Crippen molar-refractivity contribution >= 4 is 134 Å². The van der Waals surface area contributed by atoms with E-state index in [4.69, 9.17) is 11.5 Å². The molecule has 0 aliphatic carbocycles. The van der Waals surface area contributed by atoms with E-state index in [-0.39, 0.29) is 89.0 Å². The molecule has 14 atom stereocenters. The highest BCUT2D eigenvalue weighted by atomic mass is 32.2. The van der Waals surface area contributed by atoms with Crippen LogP contribution in [0.25, 0.3) is 21.8 Å². The maximum atomic E-state index is 15.6. The molecule has 20 N–H and O–H groups in total. The normalized spacial score (nSPS) is 24.4. The van der Waals surface area contributed by atoms with E-state index in [1.54, 1.807) is 74.8 Å². The number of nitrogens with zero attached hydrogens (tertiary/aromatic N) is 5. The lowest BCUT2D eigenvalue weighted by Gasteiger charge is -2.36. The van der Waals surface area contributed by atoms with Gasteiger partial charge in [-0.15, -0.1) is 11.8 Å². The highest BCUT2D eigenvalue weighted by molar-refractivity contribution is 8.00. The van der Waals surface area contributed by atoms with Gasteiger partial charge in [-0.1, -0.05) is 102 Å². The van der Waals surface area contributed by atoms with Crippen LogP contribution in [0.5, 0.6) is 5.75 Å². The van der Waals surface area contributed by atoms with E-state index in [1.807, 2.05) is 13.8 Å². The van der Waals surface area contributed by atoms with E-state index in [0.717, 1.165) is 31.4 Å². The van der Waals surface area contributed by atoms with Crippen molar-refractivity contribution in [2.75, 3.05) is 58.9 Å². The Morgan fingerprint density at radius 3 is 1.75 bits per heavy atom. The summed E-state index contributed by atoms with van der Waals surface area (Å²) < 4.78 is 0. The number of phenolic OH excluding ortho intramolecular Hbond substituents is 1. The predicted octanol–water partition coefficient (Wildman–Crippen LogP) is -0.611. The number of hydrogen-bond donors (Lipinski definition) is 18. The second kappa shape index (κ2) is 49.0. The SMILES string of the molecule is CCCC[C@H]1C(=O)N(C)[C@@H](CCCC)C(=O)N[C@@H](C)C(=O)N[C@H](C(=O)NCC(=O)O)CSCC(=O)N[C@@H](Cc2ccc(O)cc2)C(=O)N(C)[C@@H](C)C(=O)N[C@@H](CC(N)=O)C(=O)N2CCC[C@H]2C(=O)N[C@@H](Cc2cnc[nH]2)C(=O)N[C@@H](CC(C)C)C(=O)N[C@@H](CCN)C(=O)C[C@@H](Cc2c[nH]c3ccccc23)C(=O)N[C@@H](CO)C(=O)N[C@@H](Cc2c[nH]c3ccccc23)C(=O)N1C. The number of nitrogens with two attached hydrogens (primary N) is 2. The van der Waals surface area contributed by atoms with Gasteiger partial charge in [0.05, 0.1) is 31.1 Å². The van der Waals surface area contributed by atoms with Crippen molar-refractivity contribution < 1.29 is 96.8 Å². The van der Waals surface area contributed by atoms with Crippen molar-refractivity contribution in [1.82, 2.24) is 92.7 Å². The van der Waals surface area contributed by atoms with Crippen molar-refractivity contribution in [2.45, 2.75) is 223 Å². The van der Waals surface area contributed by atoms with Crippen molar-refractivity contribution in [1.29, 1.82) is 0 Å². The lowest BCUT2D eigenvalue weighted by atomic mass is 9.90. The van der Waals surface area contributed by atoms with Gasteiger partial charge in [0.25, 0.3) is 0 Å². The number of aliphatic hydroxyl groups is 1. The Kier molecular flexibility index (Phi) is 38.6. The number of imidazole rings is 1. The predicted molar refractivity (Wildman–Crippen MR) is 475 cm³/mol. The minimum atomic E-state index is -1.83. The number of aromatic hydroxyl groups is 1. The molecule has 6 aromatic rings. The van der Waals surface area contributed by atoms with Crippen LogP contribution in [0.1, 0.15) is 141 Å². The number of aliphatic carboxylic acids is 1. The first kappa shape index (κ1) is 102. The highest BCUT2D eigenvalue weighted by Gasteiger charge is 2.44. The monoisotopic (exact) mass is 1810 g/mol. The van der Waals surface area contributed by atoms with E-state index in [0.29, 0.717) is 69.9 Å². The van der Waals surface area contributed by atoms with Gasteiger partial charge < -0.3 is 115 Å². The number of H-pyrrole nitrogens is 3. The first-order chi connectivity index (χ1) is 61.4. The maximum absolute atomic E-state index is 15.6. The number of nitrogens with one attached hydrogen (secondary N) is 13. The third kappa shape index (κ3) is 28.9. The summed E-state index contributed by atoms with van der Waals surface area (Å²) in [7, 11) is 3.93. The van der Waals surface area contributed by atoms with Gasteiger partial charge in [0.2, 0.25) is 88.6 Å². The van der Waals surface area contributed by atoms with E-state index >= 15 is 24.0 Å². The third-order valence-corrected chi connectivity index (χ3v) is 24.0. The number of rotatable bonds is 24. The Morgan fingerprint density at radius 2 is 1.15 bits per heavy atom. The first-order valence-corrected chi connectivity index (χ1v) is 44.5. The summed E-state index contributed by atoms with van der Waals surface area (Å²) in [5.41, 5.74) is 15.0. The van der Waals surface area contributed by atoms with Crippen LogP contribution >= 0.6 is 11.8 Å². The van der Waals surface area contributed by atoms with Crippen LogP contribution in [0.3, 0.4) is 0 Å². The molecule has 2 aliphatic rings. The molecule has 8 rings (SSSR count). The lowest BCUT2D eigenvalue weighted by molar-refractivity contribution is -0.149. The summed E-state index contributed by atoms with van der Waals surface area (Å²) >= 11 is 0.755. The Hall–Kier alpha value is -12.8. The molecule has 2 saturated heterocycles. The number of likely N-dealkylation sites (N-methyl/N-ethyl adjacent to an activating group) is 3. The van der Waals surface area contributed by atoms with E-state index in [2.05, 4.69) is 73.1 Å². The standard InChI is InChI=1S/C88H122N20O20S/c1-10-12-23-69-83(123)96-49(5)76(116)104-68(79(119)94-43-75(114)115)45-129-46-74(113)97-64(34-51-26-28-56(110)29-27-51)85(125)105(7)50(6)77(117)101-66(39-73(90)112)87(127)108-32-18-25-70(108)84(124)100-63(38-55-42-91-47-95-55)81(121)99-62(33-48(3)4)80(120)98-61(30-31-89)72(111)37-52(35-53-40-92-59-21-16-14-19-57(53)59)78(118)103-67(44-109)82(122)102-65(36-54-41-93-60-22-17-15-20-58(54)60)86(126)107(9)71(24-13-11-2)88(128)106(69)8/h14-17,19-22,26-29,40-42,47-50,52,61-71,92-93,109-110H,10-13,18,23-25,30-39,43-46,89H2,1-9H3,(H2,90,112)(H,91,95)(H,94,119)(H,96,123)(H,97,113)(H,98,120)(H,99,121)(H,100,124)(H,101,117)(H,102,122)(H,103,118)(H,104,116)(H,114,115)/t49-,50-,52+,61-,62-,63-,64-,65-,66-,67-,68-,69-,70-,71-/m0/s1. The number of benzene rings is 3. The molecule has 41 heteroatoms. The second-order valence-corrected chi connectivity index (χ2v) is 34.2. The van der Waals surface area contributed by atoms with Crippen LogP contribution in [0.2, 0.25) is 0 Å². The number of unbranched alkanes of at least 4 members (excludes halogenated alkanes) is 2. The Bertz CT molecular complexity index is 4950. The Labute approximate surface area is 750 Å². The van der Waals surface area contributed by atoms with Gasteiger partial charge in [-0.05, 0) is 112 Å². The minimum Gasteiger partial charge on any atom is -0.508 e. The highest BCUT2D eigenvalue weighted by Crippen LogP contribution is 2.28. The van der Waals surface area contributed by atoms with E-state index in [1.165, 1.54) is 71.8 Å². The van der Waals surface area contributed by atoms with Gasteiger partial charge in [-0.2, -0.15) is 0 Å². The largest absolute Gasteiger partial charge is 0.508 e. The molecule has 5 heterocycles. The van der Waals surface area contributed by atoms with Crippen LogP contribution in [0.4, 0.5) is 0 Å². The molecule has 0 bridgehead atoms. The number of fused-ring (bicyclic) bond motifs is 3. The second-order valence-electron chi connectivity index (χ2n) is 33.1. The number of thioether (sulfide) groups is 1. The molecule has 15 amide bonds. The van der Waals surface area contributed by atoms with Crippen LogP contribution in [0, 0.1) is 11.8 Å². The zero-order valence-corrected chi connectivity index (χ0v) is 74.9. The number of primary amides is 1. The summed E-state index contributed by atoms with van der Waals surface area (Å²) in [5.74, 6) is -18.8. The number of carboxylic acid groups (broad SMARTS) is 1. The summed E-state index contributed by atoms with van der Waals surface area (Å²) in [6.45, 7) is 7.51. The Morgan fingerprint density at radius 1 is 0.581 bits per heavy atom. The van der Waals surface area contributed by atoms with Crippen LogP contribution in [0.15, 0.2) is 97.7 Å². The third-order valence-electron chi connectivity index (χ3n) is 23.0. The summed E-state index contributed by atoms with van der Waals surface area (Å²) in [5, 5.41) is 58.3.